The first-order valence-electron chi connectivity index (χ1n) is 6.60. The van der Waals surface area contributed by atoms with Gasteiger partial charge in [-0.2, -0.15) is 0 Å². The molecule has 102 valence electrons. The molecule has 0 heterocycles. The second kappa shape index (κ2) is 7.05. The molecule has 18 heavy (non-hydrogen) atoms. The monoisotopic (exact) mass is 267 g/mol. The fourth-order valence-electron chi connectivity index (χ4n) is 2.07. The second-order valence-electron chi connectivity index (χ2n) is 5.03. The maximum absolute atomic E-state index is 12.2. The molecule has 0 aliphatic rings. The quantitative estimate of drug-likeness (QED) is 0.858. The van der Waals surface area contributed by atoms with Gasteiger partial charge in [-0.25, -0.2) is 0 Å². The first-order valence-corrected chi connectivity index (χ1v) is 7.98. The van der Waals surface area contributed by atoms with E-state index in [-0.39, 0.29) is 11.3 Å². The van der Waals surface area contributed by atoms with Crippen LogP contribution in [-0.2, 0) is 10.8 Å². The molecule has 0 aromatic heterocycles. The molecule has 2 nitrogen and oxygen atoms in total. The largest absolute Gasteiger partial charge is 0.312 e. The van der Waals surface area contributed by atoms with Crippen molar-refractivity contribution in [3.63, 3.8) is 0 Å². The summed E-state index contributed by atoms with van der Waals surface area (Å²) in [6.45, 7) is 8.36. The van der Waals surface area contributed by atoms with Crippen LogP contribution < -0.4 is 5.32 Å². The van der Waals surface area contributed by atoms with E-state index in [0.29, 0.717) is 5.75 Å². The lowest BCUT2D eigenvalue weighted by Crippen LogP contribution is -2.26. The number of nitrogens with one attached hydrogen (secondary N) is 1. The lowest BCUT2D eigenvalue weighted by atomic mass is 10.0. The molecule has 0 amide bonds. The van der Waals surface area contributed by atoms with Crippen LogP contribution in [0, 0.1) is 13.8 Å². The number of rotatable bonds is 6. The summed E-state index contributed by atoms with van der Waals surface area (Å²) >= 11 is 0. The molecule has 1 N–H and O–H groups in total. The Balaban J connectivity index is 2.86. The Bertz CT molecular complexity index is 397. The van der Waals surface area contributed by atoms with E-state index in [2.05, 4.69) is 51.2 Å². The first kappa shape index (κ1) is 15.4. The summed E-state index contributed by atoms with van der Waals surface area (Å²) in [5.74, 6) is 0.689. The predicted octanol–water partition coefficient (Wildman–Crippen LogP) is 3.11. The zero-order valence-corrected chi connectivity index (χ0v) is 12.9. The van der Waals surface area contributed by atoms with E-state index in [0.717, 1.165) is 6.42 Å². The van der Waals surface area contributed by atoms with E-state index < -0.39 is 10.8 Å². The number of hydrogen-bond acceptors (Lipinski definition) is 2. The maximum atomic E-state index is 12.2. The average Bonchev–Trinajstić information content (AvgIpc) is 2.33. The van der Waals surface area contributed by atoms with Gasteiger partial charge in [-0.05, 0) is 32.9 Å². The number of benzene rings is 1. The lowest BCUT2D eigenvalue weighted by molar-refractivity contribution is 0.627. The molecule has 0 aliphatic heterocycles. The van der Waals surface area contributed by atoms with Gasteiger partial charge in [0.1, 0.15) is 0 Å². The minimum atomic E-state index is -0.771. The van der Waals surface area contributed by atoms with Gasteiger partial charge in [-0.15, -0.1) is 0 Å². The Morgan fingerprint density at radius 2 is 1.78 bits per heavy atom. The molecular weight excluding hydrogens is 242 g/mol. The maximum Gasteiger partial charge on any atom is 0.0434 e. The van der Waals surface area contributed by atoms with Crippen molar-refractivity contribution in [2.24, 2.45) is 0 Å². The van der Waals surface area contributed by atoms with Gasteiger partial charge in [0.15, 0.2) is 0 Å². The highest BCUT2D eigenvalue weighted by Crippen LogP contribution is 2.19. The summed E-state index contributed by atoms with van der Waals surface area (Å²) in [7, 11) is 1.17. The number of hydrogen-bond donors (Lipinski definition) is 1. The van der Waals surface area contributed by atoms with Gasteiger partial charge in [-0.3, -0.25) is 4.21 Å². The smallest absolute Gasteiger partial charge is 0.0434 e. The highest BCUT2D eigenvalue weighted by atomic mass is 32.2. The molecule has 0 aliphatic carbocycles. The minimum absolute atomic E-state index is 0.179. The highest BCUT2D eigenvalue weighted by Gasteiger charge is 2.17. The topological polar surface area (TPSA) is 29.1 Å². The molecule has 3 atom stereocenters. The van der Waals surface area contributed by atoms with Crippen molar-refractivity contribution in [2.45, 2.75) is 45.4 Å². The Morgan fingerprint density at radius 1 is 1.22 bits per heavy atom. The van der Waals surface area contributed by atoms with E-state index in [1.807, 2.05) is 7.05 Å². The summed E-state index contributed by atoms with van der Waals surface area (Å²) < 4.78 is 12.2. The second-order valence-corrected chi connectivity index (χ2v) is 6.93. The van der Waals surface area contributed by atoms with Gasteiger partial charge in [0, 0.05) is 27.8 Å². The van der Waals surface area contributed by atoms with Crippen LogP contribution in [-0.4, -0.2) is 22.3 Å². The molecule has 0 spiro atoms. The third-order valence-electron chi connectivity index (χ3n) is 3.35. The van der Waals surface area contributed by atoms with E-state index in [1.165, 1.54) is 16.7 Å². The molecule has 1 aromatic rings. The van der Waals surface area contributed by atoms with Crippen LogP contribution in [0.4, 0.5) is 0 Å². The zero-order valence-electron chi connectivity index (χ0n) is 12.1. The molecule has 3 unspecified atom stereocenters. The van der Waals surface area contributed by atoms with E-state index >= 15 is 0 Å². The van der Waals surface area contributed by atoms with Crippen molar-refractivity contribution in [3.8, 4) is 0 Å². The van der Waals surface area contributed by atoms with Crippen molar-refractivity contribution >= 4 is 10.8 Å². The molecule has 0 radical (unpaired) electrons. The Labute approximate surface area is 114 Å². The standard InChI is InChI=1S/C15H25NOS/c1-6-13(4)18(17)10-15(16-5)14-8-11(2)7-12(3)9-14/h7-9,13,15-16H,6,10H2,1-5H3. The summed E-state index contributed by atoms with van der Waals surface area (Å²) in [6, 6.07) is 6.71. The van der Waals surface area contributed by atoms with Gasteiger partial charge >= 0.3 is 0 Å². The van der Waals surface area contributed by atoms with Crippen molar-refractivity contribution in [1.29, 1.82) is 0 Å². The zero-order chi connectivity index (χ0) is 13.7. The minimum Gasteiger partial charge on any atom is -0.312 e. The third kappa shape index (κ3) is 4.21. The van der Waals surface area contributed by atoms with Crippen LogP contribution in [0.15, 0.2) is 18.2 Å². The fraction of sp³-hybridized carbons (Fsp3) is 0.600. The van der Waals surface area contributed by atoms with Crippen molar-refractivity contribution < 1.29 is 4.21 Å². The van der Waals surface area contributed by atoms with Crippen molar-refractivity contribution in [2.75, 3.05) is 12.8 Å². The summed E-state index contributed by atoms with van der Waals surface area (Å²) in [6.07, 6.45) is 0.968. The Morgan fingerprint density at radius 3 is 2.22 bits per heavy atom. The Hall–Kier alpha value is -0.670. The molecule has 0 saturated carbocycles. The third-order valence-corrected chi connectivity index (χ3v) is 5.24. The lowest BCUT2D eigenvalue weighted by Gasteiger charge is -2.19. The van der Waals surface area contributed by atoms with Crippen molar-refractivity contribution in [1.82, 2.24) is 5.32 Å². The molecule has 1 aromatic carbocycles. The van der Waals surface area contributed by atoms with E-state index in [4.69, 9.17) is 0 Å². The van der Waals surface area contributed by atoms with Gasteiger partial charge in [0.25, 0.3) is 0 Å². The van der Waals surface area contributed by atoms with Crippen LogP contribution in [0.25, 0.3) is 0 Å². The van der Waals surface area contributed by atoms with E-state index in [9.17, 15) is 4.21 Å². The SMILES string of the molecule is CCC(C)S(=O)CC(NC)c1cc(C)cc(C)c1. The van der Waals surface area contributed by atoms with Gasteiger partial charge in [0.05, 0.1) is 0 Å². The Kier molecular flexibility index (Phi) is 6.03. The van der Waals surface area contributed by atoms with Crippen LogP contribution in [0.1, 0.15) is 43.0 Å². The van der Waals surface area contributed by atoms with Crippen molar-refractivity contribution in [3.05, 3.63) is 34.9 Å². The van der Waals surface area contributed by atoms with E-state index in [1.54, 1.807) is 0 Å². The molecule has 0 bridgehead atoms. The van der Waals surface area contributed by atoms with Crippen LogP contribution in [0.5, 0.6) is 0 Å². The van der Waals surface area contributed by atoms with Crippen LogP contribution in [0.3, 0.4) is 0 Å². The summed E-state index contributed by atoms with van der Waals surface area (Å²) in [5, 5.41) is 3.56. The molecule has 3 heteroatoms. The highest BCUT2D eigenvalue weighted by molar-refractivity contribution is 7.85. The summed E-state index contributed by atoms with van der Waals surface area (Å²) in [4.78, 5) is 0. The predicted molar refractivity (Wildman–Crippen MR) is 80.5 cm³/mol. The van der Waals surface area contributed by atoms with Gasteiger partial charge in [0.2, 0.25) is 0 Å². The first-order chi connectivity index (χ1) is 8.47. The fourth-order valence-corrected chi connectivity index (χ4v) is 3.46. The van der Waals surface area contributed by atoms with Gasteiger partial charge < -0.3 is 5.32 Å². The molecule has 0 saturated heterocycles. The molecule has 0 fully saturated rings. The molecule has 1 rings (SSSR count). The van der Waals surface area contributed by atoms with Gasteiger partial charge in [-0.1, -0.05) is 43.2 Å². The number of aryl methyl sites for hydroxylation is 2. The average molecular weight is 267 g/mol. The van der Waals surface area contributed by atoms with Crippen LogP contribution in [0.2, 0.25) is 0 Å². The normalized spacial score (nSPS) is 16.3. The summed E-state index contributed by atoms with van der Waals surface area (Å²) in [5.41, 5.74) is 3.77. The van der Waals surface area contributed by atoms with Crippen LogP contribution >= 0.6 is 0 Å². The molecular formula is C15H25NOS.